The second-order valence-electron chi connectivity index (χ2n) is 5.68. The number of aliphatic imine (C=N–C) groups is 1. The van der Waals surface area contributed by atoms with Gasteiger partial charge in [-0.3, -0.25) is 4.99 Å². The number of sulfone groups is 1. The average Bonchev–Trinajstić information content (AvgIpc) is 2.30. The van der Waals surface area contributed by atoms with Gasteiger partial charge in [-0.2, -0.15) is 0 Å². The molecule has 7 heteroatoms. The zero-order valence-corrected chi connectivity index (χ0v) is 16.7. The molecule has 0 saturated heterocycles. The molecule has 0 heterocycles. The maximum atomic E-state index is 12.0. The van der Waals surface area contributed by atoms with E-state index in [4.69, 9.17) is 0 Å². The van der Waals surface area contributed by atoms with Gasteiger partial charge in [-0.1, -0.05) is 13.3 Å². The lowest BCUT2D eigenvalue weighted by molar-refractivity contribution is 0.466. The lowest BCUT2D eigenvalue weighted by Crippen LogP contribution is -2.43. The van der Waals surface area contributed by atoms with Gasteiger partial charge in [0, 0.05) is 27.2 Å². The van der Waals surface area contributed by atoms with Crippen LogP contribution in [0.15, 0.2) is 4.99 Å². The summed E-state index contributed by atoms with van der Waals surface area (Å²) in [7, 11) is 0.593. The highest BCUT2D eigenvalue weighted by molar-refractivity contribution is 14.0. The molecule has 0 unspecified atom stereocenters. The third-order valence-electron chi connectivity index (χ3n) is 3.01. The van der Waals surface area contributed by atoms with Crippen molar-refractivity contribution in [1.82, 2.24) is 10.2 Å². The second kappa shape index (κ2) is 9.81. The van der Waals surface area contributed by atoms with E-state index in [0.717, 1.165) is 25.3 Å². The molecule has 20 heavy (non-hydrogen) atoms. The van der Waals surface area contributed by atoms with Crippen LogP contribution in [0.4, 0.5) is 0 Å². The molecule has 0 aliphatic carbocycles. The van der Waals surface area contributed by atoms with Crippen molar-refractivity contribution in [3.8, 4) is 0 Å². The van der Waals surface area contributed by atoms with Crippen LogP contribution in [-0.4, -0.2) is 57.0 Å². The number of unbranched alkanes of at least 4 members (excludes halogenated alkanes) is 1. The van der Waals surface area contributed by atoms with Crippen molar-refractivity contribution < 1.29 is 8.42 Å². The maximum Gasteiger partial charge on any atom is 0.193 e. The number of halogens is 1. The molecule has 0 radical (unpaired) electrons. The van der Waals surface area contributed by atoms with E-state index in [2.05, 4.69) is 17.2 Å². The minimum atomic E-state index is -3.08. The highest BCUT2D eigenvalue weighted by Crippen LogP contribution is 2.15. The summed E-state index contributed by atoms with van der Waals surface area (Å²) in [5, 5.41) is 3.10. The van der Waals surface area contributed by atoms with Crippen molar-refractivity contribution in [2.75, 3.05) is 32.9 Å². The van der Waals surface area contributed by atoms with Crippen LogP contribution in [0.1, 0.15) is 40.5 Å². The Hall–Kier alpha value is -0.0500. The van der Waals surface area contributed by atoms with Crippen molar-refractivity contribution in [3.05, 3.63) is 0 Å². The van der Waals surface area contributed by atoms with Crippen molar-refractivity contribution in [2.24, 2.45) is 4.99 Å². The zero-order valence-electron chi connectivity index (χ0n) is 13.6. The normalized spacial score (nSPS) is 12.8. The third-order valence-corrected chi connectivity index (χ3v) is 5.61. The summed E-state index contributed by atoms with van der Waals surface area (Å²) >= 11 is 0. The lowest BCUT2D eigenvalue weighted by atomic mass is 10.3. The van der Waals surface area contributed by atoms with Crippen molar-refractivity contribution >= 4 is 39.8 Å². The number of hydrogen-bond acceptors (Lipinski definition) is 3. The fraction of sp³-hybridized carbons (Fsp3) is 0.923. The Morgan fingerprint density at radius 3 is 2.25 bits per heavy atom. The van der Waals surface area contributed by atoms with E-state index in [9.17, 15) is 8.42 Å². The Morgan fingerprint density at radius 1 is 1.30 bits per heavy atom. The van der Waals surface area contributed by atoms with Gasteiger partial charge in [-0.15, -0.1) is 24.0 Å². The Labute approximate surface area is 141 Å². The lowest BCUT2D eigenvalue weighted by Gasteiger charge is -2.23. The molecular formula is C13H30IN3O2S. The molecular weight excluding hydrogens is 389 g/mol. The number of nitrogens with zero attached hydrogens (tertiary/aromatic N) is 2. The summed E-state index contributed by atoms with van der Waals surface area (Å²) in [5.41, 5.74) is 0. The van der Waals surface area contributed by atoms with E-state index >= 15 is 0 Å². The molecule has 0 bridgehead atoms. The first-order chi connectivity index (χ1) is 8.65. The Morgan fingerprint density at radius 2 is 1.85 bits per heavy atom. The molecule has 0 atom stereocenters. The average molecular weight is 419 g/mol. The summed E-state index contributed by atoms with van der Waals surface area (Å²) in [6.45, 7) is 8.63. The molecule has 0 saturated carbocycles. The fourth-order valence-electron chi connectivity index (χ4n) is 1.49. The monoisotopic (exact) mass is 419 g/mol. The van der Waals surface area contributed by atoms with Crippen LogP contribution in [0.25, 0.3) is 0 Å². The molecule has 1 N–H and O–H groups in total. The summed E-state index contributed by atoms with van der Waals surface area (Å²) in [6.07, 6.45) is 2.22. The van der Waals surface area contributed by atoms with E-state index in [1.54, 1.807) is 27.8 Å². The first kappa shape index (κ1) is 22.2. The van der Waals surface area contributed by atoms with Gasteiger partial charge in [0.15, 0.2) is 15.8 Å². The van der Waals surface area contributed by atoms with Gasteiger partial charge in [-0.25, -0.2) is 8.42 Å². The number of rotatable bonds is 6. The number of nitrogens with one attached hydrogen (secondary N) is 1. The fourth-order valence-corrected chi connectivity index (χ4v) is 2.47. The molecule has 5 nitrogen and oxygen atoms in total. The van der Waals surface area contributed by atoms with Crippen LogP contribution in [0.2, 0.25) is 0 Å². The number of hydrogen-bond donors (Lipinski definition) is 1. The summed E-state index contributed by atoms with van der Waals surface area (Å²) in [6, 6.07) is 0. The summed E-state index contributed by atoms with van der Waals surface area (Å²) in [5.74, 6) is 0.870. The second-order valence-corrected chi connectivity index (χ2v) is 8.54. The molecule has 0 aromatic rings. The van der Waals surface area contributed by atoms with Crippen molar-refractivity contribution in [3.63, 3.8) is 0 Å². The quantitative estimate of drug-likeness (QED) is 0.407. The van der Waals surface area contributed by atoms with Crippen molar-refractivity contribution in [2.45, 2.75) is 45.3 Å². The van der Waals surface area contributed by atoms with Gasteiger partial charge in [-0.05, 0) is 27.2 Å². The molecule has 122 valence electrons. The Kier molecular flexibility index (Phi) is 10.9. The molecule has 0 aliphatic rings. The van der Waals surface area contributed by atoms with E-state index < -0.39 is 14.6 Å². The van der Waals surface area contributed by atoms with Gasteiger partial charge >= 0.3 is 0 Å². The summed E-state index contributed by atoms with van der Waals surface area (Å²) in [4.78, 5) is 6.18. The standard InChI is InChI=1S/C13H29N3O2S.HI/c1-7-8-10-16(6)12(14-5)15-9-11-19(17,18)13(2,3)4;/h7-11H2,1-6H3,(H,14,15);1H. The first-order valence-corrected chi connectivity index (χ1v) is 8.45. The maximum absolute atomic E-state index is 12.0. The zero-order chi connectivity index (χ0) is 15.1. The highest BCUT2D eigenvalue weighted by atomic mass is 127. The minimum absolute atomic E-state index is 0. The highest BCUT2D eigenvalue weighted by Gasteiger charge is 2.28. The molecule has 0 fully saturated rings. The molecule has 0 amide bonds. The largest absolute Gasteiger partial charge is 0.355 e. The van der Waals surface area contributed by atoms with Gasteiger partial charge < -0.3 is 10.2 Å². The number of guanidine groups is 1. The predicted molar refractivity (Wildman–Crippen MR) is 97.9 cm³/mol. The minimum Gasteiger partial charge on any atom is -0.355 e. The Bertz CT molecular complexity index is 389. The van der Waals surface area contributed by atoms with Crippen LogP contribution < -0.4 is 5.32 Å². The predicted octanol–water partition coefficient (Wildman–Crippen LogP) is 2.13. The van der Waals surface area contributed by atoms with E-state index in [-0.39, 0.29) is 29.7 Å². The topological polar surface area (TPSA) is 61.8 Å². The molecule has 0 aromatic carbocycles. The van der Waals surface area contributed by atoms with Gasteiger partial charge in [0.05, 0.1) is 10.5 Å². The SMILES string of the molecule is CCCCN(C)C(=NC)NCCS(=O)(=O)C(C)(C)C.I. The van der Waals surface area contributed by atoms with Crippen LogP contribution in [-0.2, 0) is 9.84 Å². The van der Waals surface area contributed by atoms with Crippen LogP contribution >= 0.6 is 24.0 Å². The van der Waals surface area contributed by atoms with Crippen molar-refractivity contribution in [1.29, 1.82) is 0 Å². The molecule has 0 aromatic heterocycles. The van der Waals surface area contributed by atoms with Gasteiger partial charge in [0.2, 0.25) is 0 Å². The van der Waals surface area contributed by atoms with Gasteiger partial charge in [0.25, 0.3) is 0 Å². The van der Waals surface area contributed by atoms with Crippen LogP contribution in [0.3, 0.4) is 0 Å². The van der Waals surface area contributed by atoms with Crippen LogP contribution in [0, 0.1) is 0 Å². The van der Waals surface area contributed by atoms with E-state index in [1.165, 1.54) is 0 Å². The Balaban J connectivity index is 0. The van der Waals surface area contributed by atoms with E-state index in [1.807, 2.05) is 11.9 Å². The van der Waals surface area contributed by atoms with E-state index in [0.29, 0.717) is 6.54 Å². The van der Waals surface area contributed by atoms with Crippen LogP contribution in [0.5, 0.6) is 0 Å². The smallest absolute Gasteiger partial charge is 0.193 e. The first-order valence-electron chi connectivity index (χ1n) is 6.79. The summed E-state index contributed by atoms with van der Waals surface area (Å²) < 4.78 is 23.2. The molecule has 0 spiro atoms. The molecule has 0 aliphatic heterocycles. The molecule has 0 rings (SSSR count). The third kappa shape index (κ3) is 7.66. The van der Waals surface area contributed by atoms with Gasteiger partial charge in [0.1, 0.15) is 0 Å².